The van der Waals surface area contributed by atoms with Crippen molar-refractivity contribution in [3.05, 3.63) is 47.3 Å². The fraction of sp³-hybridized carbons (Fsp3) is 0.500. The summed E-state index contributed by atoms with van der Waals surface area (Å²) in [6.07, 6.45) is 10.4. The third-order valence-corrected chi connectivity index (χ3v) is 8.07. The van der Waals surface area contributed by atoms with Crippen LogP contribution in [0.3, 0.4) is 0 Å². The highest BCUT2D eigenvalue weighted by atomic mass is 16.2. The minimum Gasteiger partial charge on any atom is -0.380 e. The van der Waals surface area contributed by atoms with Crippen LogP contribution in [0.25, 0.3) is 0 Å². The molecule has 4 amide bonds. The van der Waals surface area contributed by atoms with E-state index in [-0.39, 0.29) is 29.9 Å². The van der Waals surface area contributed by atoms with Crippen molar-refractivity contribution in [1.82, 2.24) is 24.9 Å². The number of amides is 4. The maximum absolute atomic E-state index is 13.3. The first-order valence-electron chi connectivity index (χ1n) is 12.8. The number of likely N-dealkylation sites (tertiary alicyclic amines) is 1. The van der Waals surface area contributed by atoms with E-state index in [4.69, 9.17) is 0 Å². The van der Waals surface area contributed by atoms with Crippen LogP contribution >= 0.6 is 0 Å². The number of benzene rings is 1. The van der Waals surface area contributed by atoms with Crippen LogP contribution < -0.4 is 10.6 Å². The van der Waals surface area contributed by atoms with E-state index in [1.165, 1.54) is 19.3 Å². The molecule has 1 atom stereocenters. The molecule has 1 unspecified atom stereocenters. The average molecular weight is 491 g/mol. The molecule has 1 aliphatic carbocycles. The molecule has 4 aliphatic rings. The molecule has 1 saturated carbocycles. The Morgan fingerprint density at radius 2 is 1.78 bits per heavy atom. The molecule has 0 spiro atoms. The van der Waals surface area contributed by atoms with Gasteiger partial charge in [0.25, 0.3) is 11.8 Å². The lowest BCUT2D eigenvalue weighted by molar-refractivity contribution is -0.136. The fourth-order valence-corrected chi connectivity index (χ4v) is 5.80. The number of nitrogens with one attached hydrogen (secondary N) is 2. The second-order valence-electron chi connectivity index (χ2n) is 10.2. The summed E-state index contributed by atoms with van der Waals surface area (Å²) in [5.41, 5.74) is 2.07. The van der Waals surface area contributed by atoms with E-state index < -0.39 is 23.8 Å². The fourth-order valence-electron chi connectivity index (χ4n) is 5.80. The van der Waals surface area contributed by atoms with Crippen molar-refractivity contribution in [1.29, 1.82) is 0 Å². The first kappa shape index (κ1) is 22.9. The number of anilines is 1. The third-order valence-electron chi connectivity index (χ3n) is 8.07. The number of fused-ring (bicyclic) bond motifs is 1. The van der Waals surface area contributed by atoms with Crippen molar-refractivity contribution < 1.29 is 19.2 Å². The SMILES string of the molecule is O=C1CCC(N2C(=O)c3cccc(NCc4cnn(C5CCN(C6CCC6)CC5)c4)c3C2=O)C(=O)N1. The summed E-state index contributed by atoms with van der Waals surface area (Å²) in [6, 6.07) is 5.30. The molecule has 10 nitrogen and oxygen atoms in total. The average Bonchev–Trinajstić information content (AvgIpc) is 3.41. The van der Waals surface area contributed by atoms with E-state index in [0.717, 1.165) is 42.4 Å². The number of rotatable bonds is 6. The van der Waals surface area contributed by atoms with Crippen molar-refractivity contribution >= 4 is 29.3 Å². The molecule has 2 aromatic rings. The zero-order chi connectivity index (χ0) is 24.8. The highest BCUT2D eigenvalue weighted by Crippen LogP contribution is 2.33. The summed E-state index contributed by atoms with van der Waals surface area (Å²) in [7, 11) is 0. The Morgan fingerprint density at radius 3 is 2.50 bits per heavy atom. The van der Waals surface area contributed by atoms with Gasteiger partial charge in [0.1, 0.15) is 6.04 Å². The predicted molar refractivity (Wildman–Crippen MR) is 130 cm³/mol. The van der Waals surface area contributed by atoms with Gasteiger partial charge in [-0.3, -0.25) is 34.1 Å². The van der Waals surface area contributed by atoms with Gasteiger partial charge in [0, 0.05) is 49.5 Å². The molecular weight excluding hydrogens is 460 g/mol. The lowest BCUT2D eigenvalue weighted by Gasteiger charge is -2.41. The molecule has 10 heteroatoms. The van der Waals surface area contributed by atoms with Crippen LogP contribution in [0.2, 0.25) is 0 Å². The molecular formula is C26H30N6O4. The first-order chi connectivity index (χ1) is 17.5. The first-order valence-corrected chi connectivity index (χ1v) is 12.8. The Bertz CT molecular complexity index is 1230. The maximum Gasteiger partial charge on any atom is 0.264 e. The van der Waals surface area contributed by atoms with Gasteiger partial charge in [-0.2, -0.15) is 5.10 Å². The van der Waals surface area contributed by atoms with Crippen molar-refractivity contribution in [2.75, 3.05) is 18.4 Å². The van der Waals surface area contributed by atoms with Gasteiger partial charge in [-0.25, -0.2) is 0 Å². The van der Waals surface area contributed by atoms with Crippen LogP contribution in [0.5, 0.6) is 0 Å². The molecule has 0 radical (unpaired) electrons. The third kappa shape index (κ3) is 3.99. The molecule has 3 aliphatic heterocycles. The van der Waals surface area contributed by atoms with Crippen molar-refractivity contribution in [3.8, 4) is 0 Å². The lowest BCUT2D eigenvalue weighted by Crippen LogP contribution is -2.54. The Hall–Kier alpha value is -3.53. The van der Waals surface area contributed by atoms with Gasteiger partial charge in [0.15, 0.2) is 0 Å². The van der Waals surface area contributed by atoms with E-state index in [1.54, 1.807) is 18.2 Å². The van der Waals surface area contributed by atoms with Crippen LogP contribution in [-0.2, 0) is 16.1 Å². The number of carbonyl (C=O) groups excluding carboxylic acids is 4. The normalized spacial score (nSPS) is 23.6. The number of nitrogens with zero attached hydrogens (tertiary/aromatic N) is 4. The molecule has 2 N–H and O–H groups in total. The number of aromatic nitrogens is 2. The molecule has 3 fully saturated rings. The zero-order valence-electron chi connectivity index (χ0n) is 20.1. The Morgan fingerprint density at radius 1 is 0.972 bits per heavy atom. The quantitative estimate of drug-likeness (QED) is 0.596. The number of piperidine rings is 2. The van der Waals surface area contributed by atoms with Crippen molar-refractivity contribution in [2.24, 2.45) is 0 Å². The highest BCUT2D eigenvalue weighted by molar-refractivity contribution is 6.25. The minimum absolute atomic E-state index is 0.0957. The minimum atomic E-state index is -0.975. The van der Waals surface area contributed by atoms with Crippen LogP contribution in [0.4, 0.5) is 5.69 Å². The van der Waals surface area contributed by atoms with E-state index in [0.29, 0.717) is 18.3 Å². The molecule has 4 heterocycles. The van der Waals surface area contributed by atoms with Gasteiger partial charge >= 0.3 is 0 Å². The summed E-state index contributed by atoms with van der Waals surface area (Å²) in [6.45, 7) is 2.70. The van der Waals surface area contributed by atoms with Crippen molar-refractivity contribution in [3.63, 3.8) is 0 Å². The van der Waals surface area contributed by atoms with Gasteiger partial charge in [-0.15, -0.1) is 0 Å². The second-order valence-corrected chi connectivity index (χ2v) is 10.2. The Labute approximate surface area is 209 Å². The van der Waals surface area contributed by atoms with E-state index >= 15 is 0 Å². The predicted octanol–water partition coefficient (Wildman–Crippen LogP) is 2.09. The van der Waals surface area contributed by atoms with E-state index in [2.05, 4.69) is 31.5 Å². The van der Waals surface area contributed by atoms with Crippen LogP contribution in [0, 0.1) is 0 Å². The summed E-state index contributed by atoms with van der Waals surface area (Å²) in [5, 5.41) is 10.1. The lowest BCUT2D eigenvalue weighted by atomic mass is 9.89. The standard InChI is InChI=1S/C26H30N6O4/c33-22-8-7-21(24(34)29-22)32-25(35)19-5-2-6-20(23(19)26(32)36)27-13-16-14-28-31(15-16)18-9-11-30(12-10-18)17-3-1-4-17/h2,5-6,14-15,17-18,21,27H,1,3-4,7-13H2,(H,29,33,34). The van der Waals surface area contributed by atoms with Gasteiger partial charge in [-0.05, 0) is 44.2 Å². The monoisotopic (exact) mass is 490 g/mol. The molecule has 6 rings (SSSR count). The number of hydrogen-bond donors (Lipinski definition) is 2. The molecule has 2 saturated heterocycles. The summed E-state index contributed by atoms with van der Waals surface area (Å²) >= 11 is 0. The summed E-state index contributed by atoms with van der Waals surface area (Å²) in [4.78, 5) is 53.7. The van der Waals surface area contributed by atoms with Crippen LogP contribution in [-0.4, -0.2) is 68.4 Å². The second kappa shape index (κ2) is 9.16. The van der Waals surface area contributed by atoms with Crippen molar-refractivity contribution in [2.45, 2.75) is 69.6 Å². The van der Waals surface area contributed by atoms with E-state index in [9.17, 15) is 19.2 Å². The Kier molecular flexibility index (Phi) is 5.83. The highest BCUT2D eigenvalue weighted by Gasteiger charge is 2.45. The topological polar surface area (TPSA) is 117 Å². The Balaban J connectivity index is 1.12. The van der Waals surface area contributed by atoms with Gasteiger partial charge in [0.2, 0.25) is 11.8 Å². The number of carbonyl (C=O) groups is 4. The molecule has 1 aromatic heterocycles. The van der Waals surface area contributed by atoms with E-state index in [1.807, 2.05) is 6.20 Å². The van der Waals surface area contributed by atoms with Gasteiger partial charge in [-0.1, -0.05) is 12.5 Å². The molecule has 0 bridgehead atoms. The molecule has 36 heavy (non-hydrogen) atoms. The summed E-state index contributed by atoms with van der Waals surface area (Å²) < 4.78 is 2.06. The largest absolute Gasteiger partial charge is 0.380 e. The molecule has 188 valence electrons. The van der Waals surface area contributed by atoms with Crippen LogP contribution in [0.15, 0.2) is 30.6 Å². The smallest absolute Gasteiger partial charge is 0.264 e. The van der Waals surface area contributed by atoms with Crippen LogP contribution in [0.1, 0.15) is 77.3 Å². The maximum atomic E-state index is 13.3. The number of imide groups is 2. The summed E-state index contributed by atoms with van der Waals surface area (Å²) in [5.74, 6) is -2.02. The molecule has 1 aromatic carbocycles. The number of hydrogen-bond acceptors (Lipinski definition) is 7. The van der Waals surface area contributed by atoms with Gasteiger partial charge < -0.3 is 10.2 Å². The van der Waals surface area contributed by atoms with Gasteiger partial charge in [0.05, 0.1) is 23.4 Å². The zero-order valence-corrected chi connectivity index (χ0v) is 20.1.